The van der Waals surface area contributed by atoms with Crippen LogP contribution in [0.3, 0.4) is 0 Å². The summed E-state index contributed by atoms with van der Waals surface area (Å²) in [5, 5.41) is 3.61. The van der Waals surface area contributed by atoms with Gasteiger partial charge in [0.1, 0.15) is 5.75 Å². The average Bonchev–Trinajstić information content (AvgIpc) is 3.04. The predicted octanol–water partition coefficient (Wildman–Crippen LogP) is 3.34. The smallest absolute Gasteiger partial charge is 0.333 e. The van der Waals surface area contributed by atoms with E-state index in [0.29, 0.717) is 24.4 Å². The third kappa shape index (κ3) is 4.28. The largest absolute Gasteiger partial charge is 0.494 e. The fourth-order valence-electron chi connectivity index (χ4n) is 2.13. The molecule has 0 aliphatic carbocycles. The Balaban J connectivity index is 2.07. The lowest BCUT2D eigenvalue weighted by molar-refractivity contribution is 0.0551. The lowest BCUT2D eigenvalue weighted by Crippen LogP contribution is -2.30. The second kappa shape index (κ2) is 7.71. The van der Waals surface area contributed by atoms with Crippen molar-refractivity contribution in [2.24, 2.45) is 0 Å². The van der Waals surface area contributed by atoms with Gasteiger partial charge in [0, 0.05) is 19.3 Å². The van der Waals surface area contributed by atoms with E-state index in [9.17, 15) is 13.6 Å². The number of ether oxygens (including phenoxy) is 1. The topological polar surface area (TPSA) is 47.4 Å². The molecule has 0 spiro atoms. The Morgan fingerprint density at radius 3 is 2.48 bits per heavy atom. The van der Waals surface area contributed by atoms with E-state index in [0.717, 1.165) is 17.5 Å². The van der Waals surface area contributed by atoms with E-state index in [1.54, 1.807) is 4.90 Å². The molecule has 0 radical (unpaired) electrons. The summed E-state index contributed by atoms with van der Waals surface area (Å²) in [7, 11) is 0. The molecule has 124 valence electrons. The summed E-state index contributed by atoms with van der Waals surface area (Å²) in [6.45, 7) is 2.40. The van der Waals surface area contributed by atoms with Crippen molar-refractivity contribution in [2.45, 2.75) is 26.9 Å². The highest BCUT2D eigenvalue weighted by atomic mass is 19.3. The molecule has 0 saturated heterocycles. The predicted molar refractivity (Wildman–Crippen MR) is 81.5 cm³/mol. The summed E-state index contributed by atoms with van der Waals surface area (Å²) in [6.07, 6.45) is 1.10. The second-order valence-electron chi connectivity index (χ2n) is 4.85. The van der Waals surface area contributed by atoms with Crippen LogP contribution < -0.4 is 4.74 Å². The minimum absolute atomic E-state index is 0.0121. The standard InChI is InChI=1S/C16H19F2N3O2/c1-3-20(11-12-5-7-13(8-6-12)23-4-2)15(22)14-9-10-21(19-14)16(17)18/h5-10,16H,3-4,11H2,1-2H3. The van der Waals surface area contributed by atoms with Crippen LogP contribution in [0.25, 0.3) is 0 Å². The van der Waals surface area contributed by atoms with Gasteiger partial charge in [-0.25, -0.2) is 4.68 Å². The zero-order valence-electron chi connectivity index (χ0n) is 13.1. The first-order valence-electron chi connectivity index (χ1n) is 7.39. The van der Waals surface area contributed by atoms with Crippen molar-refractivity contribution in [2.75, 3.05) is 13.2 Å². The van der Waals surface area contributed by atoms with Crippen molar-refractivity contribution in [3.05, 3.63) is 47.8 Å². The highest BCUT2D eigenvalue weighted by Crippen LogP contribution is 2.15. The Hall–Kier alpha value is -2.44. The fraction of sp³-hybridized carbons (Fsp3) is 0.375. The lowest BCUT2D eigenvalue weighted by Gasteiger charge is -2.20. The Kier molecular flexibility index (Phi) is 5.67. The van der Waals surface area contributed by atoms with Crippen molar-refractivity contribution in [1.29, 1.82) is 0 Å². The number of benzene rings is 1. The number of alkyl halides is 2. The molecule has 0 aliphatic rings. The molecule has 0 bridgehead atoms. The number of amides is 1. The molecule has 0 fully saturated rings. The third-order valence-corrected chi connectivity index (χ3v) is 3.30. The van der Waals surface area contributed by atoms with Crippen LogP contribution in [-0.4, -0.2) is 33.7 Å². The number of aromatic nitrogens is 2. The van der Waals surface area contributed by atoms with Gasteiger partial charge >= 0.3 is 6.55 Å². The van der Waals surface area contributed by atoms with Gasteiger partial charge < -0.3 is 9.64 Å². The monoisotopic (exact) mass is 323 g/mol. The number of carbonyl (C=O) groups is 1. The Morgan fingerprint density at radius 1 is 1.26 bits per heavy atom. The number of carbonyl (C=O) groups excluding carboxylic acids is 1. The van der Waals surface area contributed by atoms with Crippen molar-refractivity contribution >= 4 is 5.91 Å². The Labute approximate surface area is 133 Å². The van der Waals surface area contributed by atoms with E-state index >= 15 is 0 Å². The van der Waals surface area contributed by atoms with Gasteiger partial charge in [-0.1, -0.05) is 12.1 Å². The highest BCUT2D eigenvalue weighted by molar-refractivity contribution is 5.92. The molecule has 1 heterocycles. The van der Waals surface area contributed by atoms with E-state index in [2.05, 4.69) is 5.10 Å². The van der Waals surface area contributed by atoms with Gasteiger partial charge in [-0.15, -0.1) is 0 Å². The Morgan fingerprint density at radius 2 is 1.96 bits per heavy atom. The van der Waals surface area contributed by atoms with Crippen LogP contribution in [0.2, 0.25) is 0 Å². The molecular weight excluding hydrogens is 304 g/mol. The van der Waals surface area contributed by atoms with Gasteiger partial charge in [-0.3, -0.25) is 4.79 Å². The van der Waals surface area contributed by atoms with Crippen molar-refractivity contribution in [3.63, 3.8) is 0 Å². The molecule has 1 aromatic carbocycles. The minimum Gasteiger partial charge on any atom is -0.494 e. The average molecular weight is 323 g/mol. The van der Waals surface area contributed by atoms with Crippen LogP contribution in [0.5, 0.6) is 5.75 Å². The summed E-state index contributed by atoms with van der Waals surface area (Å²) in [6, 6.07) is 8.72. The molecule has 5 nitrogen and oxygen atoms in total. The summed E-state index contributed by atoms with van der Waals surface area (Å²) in [5.41, 5.74) is 0.940. The SMILES string of the molecule is CCOc1ccc(CN(CC)C(=O)c2ccn(C(F)F)n2)cc1. The molecule has 23 heavy (non-hydrogen) atoms. The maximum absolute atomic E-state index is 12.5. The molecule has 0 saturated carbocycles. The number of hydrogen-bond donors (Lipinski definition) is 0. The maximum Gasteiger partial charge on any atom is 0.333 e. The fourth-order valence-corrected chi connectivity index (χ4v) is 2.13. The van der Waals surface area contributed by atoms with Crippen LogP contribution in [-0.2, 0) is 6.54 Å². The van der Waals surface area contributed by atoms with Crippen molar-refractivity contribution in [3.8, 4) is 5.75 Å². The van der Waals surface area contributed by atoms with Gasteiger partial charge in [-0.2, -0.15) is 13.9 Å². The molecule has 0 unspecified atom stereocenters. The molecule has 1 amide bonds. The quantitative estimate of drug-likeness (QED) is 0.785. The zero-order chi connectivity index (χ0) is 16.8. The molecule has 0 N–H and O–H groups in total. The zero-order valence-corrected chi connectivity index (χ0v) is 13.1. The lowest BCUT2D eigenvalue weighted by atomic mass is 10.2. The number of hydrogen-bond acceptors (Lipinski definition) is 3. The summed E-state index contributed by atoms with van der Waals surface area (Å²) in [4.78, 5) is 13.9. The first-order valence-corrected chi connectivity index (χ1v) is 7.39. The van der Waals surface area contributed by atoms with Crippen LogP contribution in [0.1, 0.15) is 36.4 Å². The van der Waals surface area contributed by atoms with E-state index in [1.165, 1.54) is 6.07 Å². The third-order valence-electron chi connectivity index (χ3n) is 3.30. The first-order chi connectivity index (χ1) is 11.0. The Bertz CT molecular complexity index is 641. The summed E-state index contributed by atoms with van der Waals surface area (Å²) >= 11 is 0. The second-order valence-corrected chi connectivity index (χ2v) is 4.85. The number of rotatable bonds is 7. The molecule has 2 aromatic rings. The van der Waals surface area contributed by atoms with E-state index in [-0.39, 0.29) is 11.6 Å². The van der Waals surface area contributed by atoms with Crippen LogP contribution in [0.15, 0.2) is 36.5 Å². The van der Waals surface area contributed by atoms with Gasteiger partial charge in [-0.05, 0) is 37.6 Å². The highest BCUT2D eigenvalue weighted by Gasteiger charge is 2.19. The summed E-state index contributed by atoms with van der Waals surface area (Å²) in [5.74, 6) is 0.391. The first kappa shape index (κ1) is 16.9. The van der Waals surface area contributed by atoms with Crippen LogP contribution in [0.4, 0.5) is 8.78 Å². The maximum atomic E-state index is 12.5. The van der Waals surface area contributed by atoms with E-state index in [1.807, 2.05) is 38.1 Å². The molecule has 2 rings (SSSR count). The van der Waals surface area contributed by atoms with Crippen molar-refractivity contribution < 1.29 is 18.3 Å². The van der Waals surface area contributed by atoms with Gasteiger partial charge in [0.2, 0.25) is 0 Å². The van der Waals surface area contributed by atoms with Gasteiger partial charge in [0.05, 0.1) is 6.61 Å². The summed E-state index contributed by atoms with van der Waals surface area (Å²) < 4.78 is 30.9. The minimum atomic E-state index is -2.75. The molecular formula is C16H19F2N3O2. The molecule has 1 aromatic heterocycles. The number of halogens is 2. The van der Waals surface area contributed by atoms with E-state index in [4.69, 9.17) is 4.74 Å². The van der Waals surface area contributed by atoms with Gasteiger partial charge in [0.15, 0.2) is 5.69 Å². The van der Waals surface area contributed by atoms with Crippen LogP contribution >= 0.6 is 0 Å². The van der Waals surface area contributed by atoms with E-state index < -0.39 is 6.55 Å². The van der Waals surface area contributed by atoms with Gasteiger partial charge in [0.25, 0.3) is 5.91 Å². The van der Waals surface area contributed by atoms with Crippen LogP contribution in [0, 0.1) is 0 Å². The van der Waals surface area contributed by atoms with Crippen molar-refractivity contribution in [1.82, 2.24) is 14.7 Å². The molecule has 0 atom stereocenters. The number of nitrogens with zero attached hydrogens (tertiary/aromatic N) is 3. The normalized spacial score (nSPS) is 10.8. The molecule has 7 heteroatoms. The molecule has 0 aliphatic heterocycles.